The first-order valence-electron chi connectivity index (χ1n) is 8.24. The van der Waals surface area contributed by atoms with Crippen molar-refractivity contribution >= 4 is 29.0 Å². The quantitative estimate of drug-likeness (QED) is 0.613. The van der Waals surface area contributed by atoms with Crippen molar-refractivity contribution in [2.45, 2.75) is 6.04 Å². The van der Waals surface area contributed by atoms with Crippen molar-refractivity contribution in [3.63, 3.8) is 0 Å². The molecule has 0 fully saturated rings. The third-order valence-corrected chi connectivity index (χ3v) is 4.61. The first kappa shape index (κ1) is 17.1. The van der Waals surface area contributed by atoms with E-state index in [2.05, 4.69) is 5.32 Å². The first-order chi connectivity index (χ1) is 13.0. The standard InChI is InChI=1S/C21H14ClNO4/c22-12-9-10-18-16(11-12)23-19(15-7-3-4-8-17(15)27-18)20(24)13-5-1-2-6-14(13)21(25)26/h1-11,19,23H,(H,25,26). The highest BCUT2D eigenvalue weighted by molar-refractivity contribution is 6.31. The van der Waals surface area contributed by atoms with E-state index < -0.39 is 12.0 Å². The lowest BCUT2D eigenvalue weighted by Gasteiger charge is -2.19. The number of ether oxygens (including phenoxy) is 1. The molecule has 0 saturated heterocycles. The Balaban J connectivity index is 1.86. The second-order valence-electron chi connectivity index (χ2n) is 6.07. The number of rotatable bonds is 3. The summed E-state index contributed by atoms with van der Waals surface area (Å²) in [6.45, 7) is 0. The van der Waals surface area contributed by atoms with E-state index in [4.69, 9.17) is 16.3 Å². The molecular weight excluding hydrogens is 366 g/mol. The van der Waals surface area contributed by atoms with Gasteiger partial charge in [0.2, 0.25) is 0 Å². The number of halogens is 1. The van der Waals surface area contributed by atoms with Crippen molar-refractivity contribution in [3.05, 3.63) is 88.4 Å². The van der Waals surface area contributed by atoms with Crippen molar-refractivity contribution < 1.29 is 19.4 Å². The number of carbonyl (C=O) groups is 2. The number of ketones is 1. The van der Waals surface area contributed by atoms with E-state index >= 15 is 0 Å². The van der Waals surface area contributed by atoms with Gasteiger partial charge in [-0.1, -0.05) is 48.0 Å². The normalized spacial score (nSPS) is 14.8. The number of fused-ring (bicyclic) bond motifs is 2. The predicted octanol–water partition coefficient (Wildman–Crippen LogP) is 5.18. The van der Waals surface area contributed by atoms with Gasteiger partial charge in [0.05, 0.1) is 11.3 Å². The third-order valence-electron chi connectivity index (χ3n) is 4.38. The lowest BCUT2D eigenvalue weighted by atomic mass is 9.93. The van der Waals surface area contributed by atoms with Crippen LogP contribution in [-0.2, 0) is 0 Å². The van der Waals surface area contributed by atoms with Crippen LogP contribution in [0.3, 0.4) is 0 Å². The molecule has 1 atom stereocenters. The molecule has 3 aromatic carbocycles. The zero-order valence-corrected chi connectivity index (χ0v) is 14.7. The van der Waals surface area contributed by atoms with Crippen molar-refractivity contribution in [1.29, 1.82) is 0 Å². The fraction of sp³-hybridized carbons (Fsp3) is 0.0476. The molecule has 6 heteroatoms. The van der Waals surface area contributed by atoms with Gasteiger partial charge in [-0.25, -0.2) is 4.79 Å². The molecule has 0 saturated carbocycles. The Kier molecular flexibility index (Phi) is 4.30. The van der Waals surface area contributed by atoms with Crippen molar-refractivity contribution in [2.75, 3.05) is 5.32 Å². The molecule has 0 amide bonds. The summed E-state index contributed by atoms with van der Waals surface area (Å²) in [4.78, 5) is 24.9. The summed E-state index contributed by atoms with van der Waals surface area (Å²) in [5.74, 6) is -0.455. The fourth-order valence-electron chi connectivity index (χ4n) is 3.11. The Bertz CT molecular complexity index is 1060. The molecule has 1 heterocycles. The summed E-state index contributed by atoms with van der Waals surface area (Å²) < 4.78 is 5.96. The second kappa shape index (κ2) is 6.78. The Morgan fingerprint density at radius 3 is 2.41 bits per heavy atom. The Morgan fingerprint density at radius 2 is 1.63 bits per heavy atom. The molecule has 0 radical (unpaired) electrons. The Labute approximate surface area is 160 Å². The van der Waals surface area contributed by atoms with Gasteiger partial charge in [0.1, 0.15) is 11.8 Å². The van der Waals surface area contributed by atoms with Gasteiger partial charge in [0.25, 0.3) is 0 Å². The van der Waals surface area contributed by atoms with Gasteiger partial charge in [-0.2, -0.15) is 0 Å². The SMILES string of the molecule is O=C(O)c1ccccc1C(=O)C1Nc2cc(Cl)ccc2Oc2ccccc21. The van der Waals surface area contributed by atoms with Gasteiger partial charge in [-0.3, -0.25) is 4.79 Å². The molecule has 1 aliphatic rings. The number of para-hydroxylation sites is 1. The number of hydrogen-bond donors (Lipinski definition) is 2. The molecule has 0 spiro atoms. The average Bonchev–Trinajstić information content (AvgIpc) is 2.84. The number of nitrogens with one attached hydrogen (secondary N) is 1. The van der Waals surface area contributed by atoms with E-state index in [1.165, 1.54) is 12.1 Å². The number of carbonyl (C=O) groups excluding carboxylic acids is 1. The van der Waals surface area contributed by atoms with Crippen molar-refractivity contribution in [1.82, 2.24) is 0 Å². The van der Waals surface area contributed by atoms with Crippen LogP contribution in [-0.4, -0.2) is 16.9 Å². The average molecular weight is 380 g/mol. The van der Waals surface area contributed by atoms with Crippen LogP contribution in [0, 0.1) is 0 Å². The van der Waals surface area contributed by atoms with Crippen LogP contribution in [0.15, 0.2) is 66.7 Å². The molecule has 1 unspecified atom stereocenters. The fourth-order valence-corrected chi connectivity index (χ4v) is 3.29. The third kappa shape index (κ3) is 3.13. The summed E-state index contributed by atoms with van der Waals surface area (Å²) in [5.41, 5.74) is 1.26. The van der Waals surface area contributed by atoms with Crippen LogP contribution in [0.25, 0.3) is 0 Å². The van der Waals surface area contributed by atoms with E-state index in [9.17, 15) is 14.7 Å². The highest BCUT2D eigenvalue weighted by Crippen LogP contribution is 2.42. The largest absolute Gasteiger partial charge is 0.478 e. The number of Topliss-reactive ketones (excluding diaryl/α,β-unsaturated/α-hetero) is 1. The molecular formula is C21H14ClNO4. The second-order valence-corrected chi connectivity index (χ2v) is 6.51. The highest BCUT2D eigenvalue weighted by atomic mass is 35.5. The van der Waals surface area contributed by atoms with Crippen LogP contribution >= 0.6 is 11.6 Å². The minimum atomic E-state index is -1.15. The molecule has 134 valence electrons. The monoisotopic (exact) mass is 379 g/mol. The van der Waals surface area contributed by atoms with E-state index in [1.807, 2.05) is 6.07 Å². The smallest absolute Gasteiger partial charge is 0.336 e. The summed E-state index contributed by atoms with van der Waals surface area (Å²) in [6, 6.07) is 17.6. The molecule has 27 heavy (non-hydrogen) atoms. The maximum Gasteiger partial charge on any atom is 0.336 e. The summed E-state index contributed by atoms with van der Waals surface area (Å²) >= 11 is 6.09. The maximum atomic E-state index is 13.3. The molecule has 1 aliphatic heterocycles. The molecule has 3 aromatic rings. The number of anilines is 1. The summed E-state index contributed by atoms with van der Waals surface area (Å²) in [7, 11) is 0. The maximum absolute atomic E-state index is 13.3. The summed E-state index contributed by atoms with van der Waals surface area (Å²) in [6.07, 6.45) is 0. The highest BCUT2D eigenvalue weighted by Gasteiger charge is 2.31. The molecule has 0 aromatic heterocycles. The zero-order chi connectivity index (χ0) is 19.0. The minimum Gasteiger partial charge on any atom is -0.478 e. The van der Waals surface area contributed by atoms with Gasteiger partial charge >= 0.3 is 5.97 Å². The van der Waals surface area contributed by atoms with Crippen LogP contribution < -0.4 is 10.1 Å². The van der Waals surface area contributed by atoms with E-state index in [0.29, 0.717) is 27.8 Å². The molecule has 2 N–H and O–H groups in total. The number of aromatic carboxylic acids is 1. The molecule has 0 aliphatic carbocycles. The topological polar surface area (TPSA) is 75.6 Å². The van der Waals surface area contributed by atoms with Crippen molar-refractivity contribution in [3.8, 4) is 11.5 Å². The Morgan fingerprint density at radius 1 is 0.926 bits per heavy atom. The Hall–Kier alpha value is -3.31. The lowest BCUT2D eigenvalue weighted by Crippen LogP contribution is -2.22. The molecule has 5 nitrogen and oxygen atoms in total. The lowest BCUT2D eigenvalue weighted by molar-refractivity contribution is 0.0691. The van der Waals surface area contributed by atoms with Gasteiger partial charge in [0.15, 0.2) is 11.5 Å². The zero-order valence-electron chi connectivity index (χ0n) is 14.0. The summed E-state index contributed by atoms with van der Waals surface area (Å²) in [5, 5.41) is 13.1. The predicted molar refractivity (Wildman–Crippen MR) is 102 cm³/mol. The molecule has 4 rings (SSSR count). The van der Waals surface area contributed by atoms with Gasteiger partial charge in [0, 0.05) is 16.1 Å². The minimum absolute atomic E-state index is 0.0433. The number of carboxylic acids is 1. The van der Waals surface area contributed by atoms with Crippen LogP contribution in [0.4, 0.5) is 5.69 Å². The number of benzene rings is 3. The molecule has 0 bridgehead atoms. The van der Waals surface area contributed by atoms with Crippen LogP contribution in [0.1, 0.15) is 32.3 Å². The van der Waals surface area contributed by atoms with E-state index in [-0.39, 0.29) is 16.9 Å². The van der Waals surface area contributed by atoms with Crippen LogP contribution in [0.5, 0.6) is 11.5 Å². The number of hydrogen-bond acceptors (Lipinski definition) is 4. The van der Waals surface area contributed by atoms with Gasteiger partial charge < -0.3 is 15.2 Å². The van der Waals surface area contributed by atoms with Crippen molar-refractivity contribution in [2.24, 2.45) is 0 Å². The first-order valence-corrected chi connectivity index (χ1v) is 8.62. The van der Waals surface area contributed by atoms with Crippen LogP contribution in [0.2, 0.25) is 5.02 Å². The van der Waals surface area contributed by atoms with Gasteiger partial charge in [-0.05, 0) is 30.3 Å². The van der Waals surface area contributed by atoms with E-state index in [1.54, 1.807) is 48.5 Å². The number of carboxylic acid groups (broad SMARTS) is 1. The van der Waals surface area contributed by atoms with Gasteiger partial charge in [-0.15, -0.1) is 0 Å². The van der Waals surface area contributed by atoms with E-state index in [0.717, 1.165) is 0 Å².